The van der Waals surface area contributed by atoms with Crippen molar-refractivity contribution in [3.63, 3.8) is 0 Å². The highest BCUT2D eigenvalue weighted by Crippen LogP contribution is 2.41. The highest BCUT2D eigenvalue weighted by Gasteiger charge is 2.16. The Kier molecular flexibility index (Phi) is 7.64. The van der Waals surface area contributed by atoms with Gasteiger partial charge in [-0.3, -0.25) is 0 Å². The Morgan fingerprint density at radius 3 is 1.61 bits per heavy atom. The third-order valence-corrected chi connectivity index (χ3v) is 11.7. The van der Waals surface area contributed by atoms with Gasteiger partial charge < -0.3 is 4.42 Å². The van der Waals surface area contributed by atoms with Gasteiger partial charge in [0, 0.05) is 47.6 Å². The van der Waals surface area contributed by atoms with Gasteiger partial charge in [0.1, 0.15) is 11.2 Å². The van der Waals surface area contributed by atoms with Crippen LogP contribution in [0.1, 0.15) is 0 Å². The lowest BCUT2D eigenvalue weighted by Gasteiger charge is -2.11. The minimum Gasteiger partial charge on any atom is -0.456 e. The van der Waals surface area contributed by atoms with E-state index in [0.29, 0.717) is 17.5 Å². The normalized spacial score (nSPS) is 11.6. The summed E-state index contributed by atoms with van der Waals surface area (Å²) in [5.74, 6) is 1.90. The van der Waals surface area contributed by atoms with Crippen LogP contribution in [0.3, 0.4) is 0 Å². The predicted octanol–water partition coefficient (Wildman–Crippen LogP) is 14.1. The molecule has 0 N–H and O–H groups in total. The minimum absolute atomic E-state index is 0.629. The number of hydrogen-bond donors (Lipinski definition) is 0. The molecule has 0 radical (unpaired) electrons. The number of furan rings is 1. The zero-order chi connectivity index (χ0) is 37.0. The summed E-state index contributed by atoms with van der Waals surface area (Å²) in [6, 6.07) is 65.7. The molecule has 0 aliphatic carbocycles. The number of benzene rings is 8. The Morgan fingerprint density at radius 2 is 0.821 bits per heavy atom. The molecule has 0 atom stereocenters. The van der Waals surface area contributed by atoms with E-state index in [1.807, 2.05) is 59.9 Å². The number of para-hydroxylation sites is 1. The Bertz CT molecular complexity index is 3250. The van der Waals surface area contributed by atoms with Crippen LogP contribution in [0.15, 0.2) is 192 Å². The van der Waals surface area contributed by atoms with E-state index in [-0.39, 0.29) is 0 Å². The van der Waals surface area contributed by atoms with Gasteiger partial charge in [-0.05, 0) is 69.8 Å². The van der Waals surface area contributed by atoms with Crippen molar-refractivity contribution >= 4 is 53.4 Å². The molecule has 3 heterocycles. The summed E-state index contributed by atoms with van der Waals surface area (Å²) in [7, 11) is 0. The van der Waals surface area contributed by atoms with E-state index in [1.54, 1.807) is 0 Å². The molecule has 0 unspecified atom stereocenters. The standard InChI is InChI=1S/C51H31N3OS/c1-2-12-33(13-3-1)49-52-50(54-51(53-49)38-17-9-16-37(31-38)40-21-11-25-46-48(40)42-19-5-7-24-45(42)56-46)34-28-26-32(27-29-34)35-14-8-15-36(30-35)39-20-10-23-44-47(39)41-18-4-6-22-43(41)55-44/h1-31H. The van der Waals surface area contributed by atoms with Gasteiger partial charge in [-0.2, -0.15) is 0 Å². The molecule has 56 heavy (non-hydrogen) atoms. The van der Waals surface area contributed by atoms with Crippen molar-refractivity contribution in [2.24, 2.45) is 0 Å². The molecular formula is C51H31N3OS. The highest BCUT2D eigenvalue weighted by atomic mass is 32.1. The van der Waals surface area contributed by atoms with Gasteiger partial charge in [0.15, 0.2) is 17.5 Å². The number of hydrogen-bond acceptors (Lipinski definition) is 5. The molecule has 3 aromatic heterocycles. The minimum atomic E-state index is 0.629. The van der Waals surface area contributed by atoms with Gasteiger partial charge in [-0.1, -0.05) is 152 Å². The van der Waals surface area contributed by atoms with Crippen LogP contribution in [-0.2, 0) is 0 Å². The maximum absolute atomic E-state index is 6.19. The maximum atomic E-state index is 6.19. The molecule has 0 amide bonds. The summed E-state index contributed by atoms with van der Waals surface area (Å²) in [5, 5.41) is 4.82. The van der Waals surface area contributed by atoms with E-state index < -0.39 is 0 Å². The molecule has 8 aromatic carbocycles. The van der Waals surface area contributed by atoms with Gasteiger partial charge in [-0.15, -0.1) is 11.3 Å². The van der Waals surface area contributed by atoms with Crippen LogP contribution in [-0.4, -0.2) is 15.0 Å². The Morgan fingerprint density at radius 1 is 0.321 bits per heavy atom. The van der Waals surface area contributed by atoms with E-state index in [2.05, 4.69) is 140 Å². The van der Waals surface area contributed by atoms with Crippen molar-refractivity contribution in [3.8, 4) is 67.5 Å². The fourth-order valence-electron chi connectivity index (χ4n) is 7.88. The number of rotatable bonds is 6. The molecule has 0 fully saturated rings. The number of aromatic nitrogens is 3. The van der Waals surface area contributed by atoms with E-state index in [0.717, 1.165) is 66.4 Å². The summed E-state index contributed by atoms with van der Waals surface area (Å²) in [6.45, 7) is 0. The fraction of sp³-hybridized carbons (Fsp3) is 0. The van der Waals surface area contributed by atoms with Crippen LogP contribution in [0.2, 0.25) is 0 Å². The molecule has 5 heteroatoms. The molecule has 4 nitrogen and oxygen atoms in total. The van der Waals surface area contributed by atoms with Gasteiger partial charge in [0.25, 0.3) is 0 Å². The number of nitrogens with zero attached hydrogens (tertiary/aromatic N) is 3. The van der Waals surface area contributed by atoms with Gasteiger partial charge in [-0.25, -0.2) is 15.0 Å². The monoisotopic (exact) mass is 733 g/mol. The molecular weight excluding hydrogens is 703 g/mol. The second-order valence-corrected chi connectivity index (χ2v) is 15.0. The first-order valence-corrected chi connectivity index (χ1v) is 19.5. The SMILES string of the molecule is c1ccc(-c2nc(-c3ccc(-c4cccc(-c5cccc6oc7ccccc7c56)c4)cc3)nc(-c3cccc(-c4cccc5sc6ccccc6c45)c3)n2)cc1. The van der Waals surface area contributed by atoms with Crippen LogP contribution in [0.25, 0.3) is 110 Å². The average Bonchev–Trinajstić information content (AvgIpc) is 3.86. The second-order valence-electron chi connectivity index (χ2n) is 14.0. The second kappa shape index (κ2) is 13.3. The molecule has 0 saturated carbocycles. The molecule has 0 saturated heterocycles. The Hall–Kier alpha value is -7.21. The zero-order valence-electron chi connectivity index (χ0n) is 30.1. The summed E-state index contributed by atoms with van der Waals surface area (Å²) in [6.07, 6.45) is 0. The molecule has 11 rings (SSSR count). The third-order valence-electron chi connectivity index (χ3n) is 10.6. The van der Waals surface area contributed by atoms with Crippen LogP contribution in [0.5, 0.6) is 0 Å². The van der Waals surface area contributed by atoms with E-state index in [9.17, 15) is 0 Å². The van der Waals surface area contributed by atoms with Crippen LogP contribution in [0, 0.1) is 0 Å². The first-order valence-electron chi connectivity index (χ1n) is 18.7. The topological polar surface area (TPSA) is 51.8 Å². The van der Waals surface area contributed by atoms with E-state index >= 15 is 0 Å². The maximum Gasteiger partial charge on any atom is 0.164 e. The van der Waals surface area contributed by atoms with Gasteiger partial charge in [0.05, 0.1) is 0 Å². The lowest BCUT2D eigenvalue weighted by molar-refractivity contribution is 0.669. The van der Waals surface area contributed by atoms with Crippen molar-refractivity contribution in [2.75, 3.05) is 0 Å². The van der Waals surface area contributed by atoms with Crippen molar-refractivity contribution in [3.05, 3.63) is 188 Å². The summed E-state index contributed by atoms with van der Waals surface area (Å²) in [4.78, 5) is 15.2. The quantitative estimate of drug-likeness (QED) is 0.171. The summed E-state index contributed by atoms with van der Waals surface area (Å²) in [5.41, 5.74) is 11.5. The largest absolute Gasteiger partial charge is 0.456 e. The lowest BCUT2D eigenvalue weighted by atomic mass is 9.95. The fourth-order valence-corrected chi connectivity index (χ4v) is 9.02. The molecule has 262 valence electrons. The van der Waals surface area contributed by atoms with Crippen molar-refractivity contribution in [1.29, 1.82) is 0 Å². The molecule has 0 bridgehead atoms. The van der Waals surface area contributed by atoms with Crippen molar-refractivity contribution in [1.82, 2.24) is 15.0 Å². The van der Waals surface area contributed by atoms with E-state index in [1.165, 1.54) is 25.7 Å². The average molecular weight is 734 g/mol. The molecule has 0 aliphatic rings. The molecule has 0 aliphatic heterocycles. The Labute approximate surface area is 327 Å². The lowest BCUT2D eigenvalue weighted by Crippen LogP contribution is -2.00. The smallest absolute Gasteiger partial charge is 0.164 e. The third kappa shape index (κ3) is 5.56. The van der Waals surface area contributed by atoms with Gasteiger partial charge >= 0.3 is 0 Å². The van der Waals surface area contributed by atoms with Crippen LogP contribution < -0.4 is 0 Å². The number of thiophene rings is 1. The predicted molar refractivity (Wildman–Crippen MR) is 233 cm³/mol. The Balaban J connectivity index is 0.980. The summed E-state index contributed by atoms with van der Waals surface area (Å²) < 4.78 is 8.77. The highest BCUT2D eigenvalue weighted by molar-refractivity contribution is 7.25. The van der Waals surface area contributed by atoms with Crippen molar-refractivity contribution in [2.45, 2.75) is 0 Å². The number of fused-ring (bicyclic) bond motifs is 6. The van der Waals surface area contributed by atoms with Crippen LogP contribution >= 0.6 is 11.3 Å². The first kappa shape index (κ1) is 32.2. The molecule has 0 spiro atoms. The van der Waals surface area contributed by atoms with E-state index in [4.69, 9.17) is 19.4 Å². The van der Waals surface area contributed by atoms with Crippen molar-refractivity contribution < 1.29 is 4.42 Å². The summed E-state index contributed by atoms with van der Waals surface area (Å²) >= 11 is 1.83. The van der Waals surface area contributed by atoms with Gasteiger partial charge in [0.2, 0.25) is 0 Å². The van der Waals surface area contributed by atoms with Crippen LogP contribution in [0.4, 0.5) is 0 Å². The zero-order valence-corrected chi connectivity index (χ0v) is 30.9. The molecule has 11 aromatic rings. The first-order chi connectivity index (χ1) is 27.7.